The van der Waals surface area contributed by atoms with Gasteiger partial charge >= 0.3 is 0 Å². The Kier molecular flexibility index (Phi) is 7.33. The van der Waals surface area contributed by atoms with Crippen molar-refractivity contribution in [3.05, 3.63) is 47.8 Å². The van der Waals surface area contributed by atoms with Gasteiger partial charge in [-0.05, 0) is 44.0 Å². The molecule has 1 atom stereocenters. The number of rotatable bonds is 8. The van der Waals surface area contributed by atoms with Crippen molar-refractivity contribution in [3.8, 4) is 5.75 Å². The average Bonchev–Trinajstić information content (AvgIpc) is 2.74. The highest BCUT2D eigenvalue weighted by molar-refractivity contribution is 7.86. The smallest absolute Gasteiger partial charge is 0.281 e. The molecule has 0 radical (unpaired) electrons. The Bertz CT molecular complexity index is 961. The van der Waals surface area contributed by atoms with Crippen LogP contribution < -0.4 is 10.1 Å². The van der Waals surface area contributed by atoms with Gasteiger partial charge in [0.05, 0.1) is 7.11 Å². The molecule has 0 aliphatic carbocycles. The number of pyridine rings is 1. The second kappa shape index (κ2) is 9.76. The molecule has 1 N–H and O–H groups in total. The Labute approximate surface area is 180 Å². The summed E-state index contributed by atoms with van der Waals surface area (Å²) >= 11 is 0. The molecule has 0 spiro atoms. The topological polar surface area (TPSA) is 74.8 Å². The van der Waals surface area contributed by atoms with Crippen molar-refractivity contribution >= 4 is 21.6 Å². The fraction of sp³-hybridized carbons (Fsp3) is 0.500. The van der Waals surface area contributed by atoms with Crippen molar-refractivity contribution in [2.75, 3.05) is 38.6 Å². The number of hydrogen-bond donors (Lipinski definition) is 1. The van der Waals surface area contributed by atoms with Crippen molar-refractivity contribution in [3.63, 3.8) is 0 Å². The number of methoxy groups -OCH3 is 1. The largest absolute Gasteiger partial charge is 0.497 e. The highest BCUT2D eigenvalue weighted by atomic mass is 32.2. The first kappa shape index (κ1) is 22.5. The average molecular weight is 433 g/mol. The number of piperidine rings is 1. The molecule has 1 aliphatic heterocycles. The van der Waals surface area contributed by atoms with E-state index in [1.807, 2.05) is 57.2 Å². The minimum absolute atomic E-state index is 0.0786. The van der Waals surface area contributed by atoms with Gasteiger partial charge in [0, 0.05) is 60.9 Å². The molecule has 164 valence electrons. The molecule has 1 aromatic heterocycles. The van der Waals surface area contributed by atoms with E-state index >= 15 is 0 Å². The lowest BCUT2D eigenvalue weighted by atomic mass is 9.95. The number of aromatic nitrogens is 1. The van der Waals surface area contributed by atoms with Crippen LogP contribution in [0.15, 0.2) is 36.4 Å². The standard InChI is InChI=1S/C22H32N4O3S/c1-5-25(6-2)30(27,28)26-12-8-9-18(16-26)22-15-20(13-17(3)23-22)24-19-10-7-11-21(14-19)29-4/h7,10-11,13-15,18H,5-6,8-9,12,16H2,1-4H3,(H,23,24)/t18-/m1/s1. The Balaban J connectivity index is 1.81. The van der Waals surface area contributed by atoms with Crippen LogP contribution in [0.4, 0.5) is 11.4 Å². The molecule has 0 bridgehead atoms. The number of aryl methyl sites for hydroxylation is 1. The normalized spacial score (nSPS) is 17.8. The molecule has 1 aliphatic rings. The van der Waals surface area contributed by atoms with Crippen LogP contribution in [0.1, 0.15) is 44.0 Å². The lowest BCUT2D eigenvalue weighted by molar-refractivity contribution is 0.285. The monoisotopic (exact) mass is 432 g/mol. The molecule has 2 aromatic rings. The molecule has 0 saturated carbocycles. The van der Waals surface area contributed by atoms with Gasteiger partial charge in [-0.25, -0.2) is 0 Å². The van der Waals surface area contributed by atoms with E-state index in [-0.39, 0.29) is 5.92 Å². The van der Waals surface area contributed by atoms with Crippen LogP contribution in [0.3, 0.4) is 0 Å². The van der Waals surface area contributed by atoms with Crippen molar-refractivity contribution < 1.29 is 13.2 Å². The molecular weight excluding hydrogens is 400 g/mol. The maximum absolute atomic E-state index is 13.0. The van der Waals surface area contributed by atoms with E-state index in [0.717, 1.165) is 41.4 Å². The number of benzene rings is 1. The number of nitrogens with zero attached hydrogens (tertiary/aromatic N) is 3. The van der Waals surface area contributed by atoms with Gasteiger partial charge in [0.15, 0.2) is 0 Å². The zero-order valence-corrected chi connectivity index (χ0v) is 19.1. The fourth-order valence-corrected chi connectivity index (χ4v) is 5.66. The Hall–Kier alpha value is -2.16. The Morgan fingerprint density at radius 2 is 1.97 bits per heavy atom. The van der Waals surface area contributed by atoms with Crippen LogP contribution in [-0.2, 0) is 10.2 Å². The summed E-state index contributed by atoms with van der Waals surface area (Å²) in [6, 6.07) is 11.8. The predicted octanol–water partition coefficient (Wildman–Crippen LogP) is 3.91. The number of hydrogen-bond acceptors (Lipinski definition) is 5. The zero-order valence-electron chi connectivity index (χ0n) is 18.3. The van der Waals surface area contributed by atoms with Crippen molar-refractivity contribution in [2.45, 2.75) is 39.5 Å². The lowest BCUT2D eigenvalue weighted by Gasteiger charge is -2.35. The zero-order chi connectivity index (χ0) is 21.7. The first-order chi connectivity index (χ1) is 14.4. The summed E-state index contributed by atoms with van der Waals surface area (Å²) in [5.41, 5.74) is 3.70. The van der Waals surface area contributed by atoms with E-state index < -0.39 is 10.2 Å². The first-order valence-electron chi connectivity index (χ1n) is 10.5. The van der Waals surface area contributed by atoms with Gasteiger partial charge in [-0.3, -0.25) is 4.98 Å². The summed E-state index contributed by atoms with van der Waals surface area (Å²) in [6.45, 7) is 7.72. The van der Waals surface area contributed by atoms with Crippen LogP contribution >= 0.6 is 0 Å². The van der Waals surface area contributed by atoms with Crippen molar-refractivity contribution in [1.29, 1.82) is 0 Å². The lowest BCUT2D eigenvalue weighted by Crippen LogP contribution is -2.47. The van der Waals surface area contributed by atoms with E-state index in [2.05, 4.69) is 5.32 Å². The second-order valence-corrected chi connectivity index (χ2v) is 9.50. The van der Waals surface area contributed by atoms with Gasteiger partial charge in [0.25, 0.3) is 10.2 Å². The van der Waals surface area contributed by atoms with Gasteiger partial charge in [-0.2, -0.15) is 17.0 Å². The van der Waals surface area contributed by atoms with E-state index in [9.17, 15) is 8.42 Å². The number of anilines is 2. The molecular formula is C22H32N4O3S. The SMILES string of the molecule is CCN(CC)S(=O)(=O)N1CCC[C@@H](c2cc(Nc3cccc(OC)c3)cc(C)n2)C1. The molecule has 1 aromatic carbocycles. The third-order valence-electron chi connectivity index (χ3n) is 5.49. The minimum atomic E-state index is -3.43. The molecule has 0 unspecified atom stereocenters. The molecule has 0 amide bonds. The Morgan fingerprint density at radius 1 is 1.20 bits per heavy atom. The van der Waals surface area contributed by atoms with Gasteiger partial charge in [0.1, 0.15) is 5.75 Å². The first-order valence-corrected chi connectivity index (χ1v) is 11.9. The second-order valence-electron chi connectivity index (χ2n) is 7.57. The van der Waals surface area contributed by atoms with Crippen molar-refractivity contribution in [2.24, 2.45) is 0 Å². The Morgan fingerprint density at radius 3 is 2.67 bits per heavy atom. The highest BCUT2D eigenvalue weighted by Crippen LogP contribution is 2.31. The van der Waals surface area contributed by atoms with E-state index in [0.29, 0.717) is 26.2 Å². The molecule has 2 heterocycles. The van der Waals surface area contributed by atoms with Gasteiger partial charge < -0.3 is 10.1 Å². The van der Waals surface area contributed by atoms with Crippen molar-refractivity contribution in [1.82, 2.24) is 13.6 Å². The maximum Gasteiger partial charge on any atom is 0.281 e. The quantitative estimate of drug-likeness (QED) is 0.685. The predicted molar refractivity (Wildman–Crippen MR) is 121 cm³/mol. The van der Waals surface area contributed by atoms with E-state index in [4.69, 9.17) is 9.72 Å². The van der Waals surface area contributed by atoms with E-state index in [1.54, 1.807) is 11.4 Å². The summed E-state index contributed by atoms with van der Waals surface area (Å²) in [7, 11) is -1.78. The highest BCUT2D eigenvalue weighted by Gasteiger charge is 2.33. The van der Waals surface area contributed by atoms with Gasteiger partial charge in [-0.15, -0.1) is 0 Å². The molecule has 30 heavy (non-hydrogen) atoms. The molecule has 1 saturated heterocycles. The third-order valence-corrected chi connectivity index (χ3v) is 7.65. The summed E-state index contributed by atoms with van der Waals surface area (Å²) in [5, 5.41) is 3.42. The summed E-state index contributed by atoms with van der Waals surface area (Å²) < 4.78 is 34.4. The summed E-state index contributed by atoms with van der Waals surface area (Å²) in [4.78, 5) is 4.73. The maximum atomic E-state index is 13.0. The van der Waals surface area contributed by atoms with Gasteiger partial charge in [0.2, 0.25) is 0 Å². The molecule has 1 fully saturated rings. The molecule has 8 heteroatoms. The van der Waals surface area contributed by atoms with Crippen LogP contribution in [0.5, 0.6) is 5.75 Å². The van der Waals surface area contributed by atoms with Crippen LogP contribution in [0.25, 0.3) is 0 Å². The summed E-state index contributed by atoms with van der Waals surface area (Å²) in [6.07, 6.45) is 1.76. The van der Waals surface area contributed by atoms with Crippen LogP contribution in [-0.4, -0.2) is 55.3 Å². The number of ether oxygens (including phenoxy) is 1. The number of nitrogens with one attached hydrogen (secondary N) is 1. The van der Waals surface area contributed by atoms with E-state index in [1.165, 1.54) is 4.31 Å². The van der Waals surface area contributed by atoms with Crippen LogP contribution in [0, 0.1) is 6.92 Å². The van der Waals surface area contributed by atoms with Crippen LogP contribution in [0.2, 0.25) is 0 Å². The molecule has 7 nitrogen and oxygen atoms in total. The third kappa shape index (κ3) is 5.11. The molecule has 3 rings (SSSR count). The minimum Gasteiger partial charge on any atom is -0.497 e. The van der Waals surface area contributed by atoms with Gasteiger partial charge in [-0.1, -0.05) is 19.9 Å². The fourth-order valence-electron chi connectivity index (χ4n) is 3.95. The summed E-state index contributed by atoms with van der Waals surface area (Å²) in [5.74, 6) is 0.866.